The molecule has 1 unspecified atom stereocenters. The van der Waals surface area contributed by atoms with Gasteiger partial charge in [0.2, 0.25) is 0 Å². The van der Waals surface area contributed by atoms with Crippen LogP contribution in [0.25, 0.3) is 0 Å². The summed E-state index contributed by atoms with van der Waals surface area (Å²) < 4.78 is 0. The smallest absolute Gasteiger partial charge is 0.320 e. The standard InChI is InChI=1S/C16H22ClN3O/c17-12-4-6-13(7-5-12)19-16(21)20(15-8-9-15)11-14-3-1-2-10-18-14/h4-7,14-15,18H,1-3,8-11H2,(H,19,21). The van der Waals surface area contributed by atoms with Crippen molar-refractivity contribution in [2.45, 2.75) is 44.2 Å². The molecule has 0 aromatic heterocycles. The molecule has 3 rings (SSSR count). The van der Waals surface area contributed by atoms with Crippen LogP contribution in [0.4, 0.5) is 10.5 Å². The van der Waals surface area contributed by atoms with Gasteiger partial charge in [-0.25, -0.2) is 4.79 Å². The molecule has 114 valence electrons. The highest BCUT2D eigenvalue weighted by molar-refractivity contribution is 6.30. The Balaban J connectivity index is 1.60. The molecule has 0 radical (unpaired) electrons. The lowest BCUT2D eigenvalue weighted by Crippen LogP contribution is -2.48. The molecule has 2 fully saturated rings. The fourth-order valence-electron chi connectivity index (χ4n) is 2.83. The molecule has 1 aliphatic carbocycles. The normalized spacial score (nSPS) is 21.9. The monoisotopic (exact) mass is 307 g/mol. The molecule has 1 aliphatic heterocycles. The molecule has 21 heavy (non-hydrogen) atoms. The van der Waals surface area contributed by atoms with E-state index in [1.165, 1.54) is 12.8 Å². The first-order valence-corrected chi connectivity index (χ1v) is 8.17. The Labute approximate surface area is 130 Å². The number of nitrogens with zero attached hydrogens (tertiary/aromatic N) is 1. The maximum Gasteiger partial charge on any atom is 0.322 e. The van der Waals surface area contributed by atoms with Gasteiger partial charge in [-0.2, -0.15) is 0 Å². The van der Waals surface area contributed by atoms with E-state index < -0.39 is 0 Å². The summed E-state index contributed by atoms with van der Waals surface area (Å²) in [6.45, 7) is 1.88. The summed E-state index contributed by atoms with van der Waals surface area (Å²) in [6.07, 6.45) is 5.92. The van der Waals surface area contributed by atoms with Crippen LogP contribution in [0.3, 0.4) is 0 Å². The van der Waals surface area contributed by atoms with Crippen molar-refractivity contribution in [3.05, 3.63) is 29.3 Å². The molecule has 1 aromatic rings. The van der Waals surface area contributed by atoms with Crippen molar-refractivity contribution >= 4 is 23.3 Å². The number of nitrogens with one attached hydrogen (secondary N) is 2. The Morgan fingerprint density at radius 1 is 1.24 bits per heavy atom. The van der Waals surface area contributed by atoms with E-state index in [9.17, 15) is 4.79 Å². The first kappa shape index (κ1) is 14.7. The van der Waals surface area contributed by atoms with Crippen LogP contribution in [-0.4, -0.2) is 36.1 Å². The topological polar surface area (TPSA) is 44.4 Å². The minimum Gasteiger partial charge on any atom is -0.320 e. The highest BCUT2D eigenvalue weighted by Crippen LogP contribution is 2.28. The third-order valence-electron chi connectivity index (χ3n) is 4.17. The second kappa shape index (κ2) is 6.67. The van der Waals surface area contributed by atoms with Crippen molar-refractivity contribution in [2.75, 3.05) is 18.4 Å². The number of amides is 2. The molecule has 1 heterocycles. The van der Waals surface area contributed by atoms with Crippen LogP contribution in [-0.2, 0) is 0 Å². The third kappa shape index (κ3) is 4.11. The molecule has 4 nitrogen and oxygen atoms in total. The van der Waals surface area contributed by atoms with E-state index in [0.29, 0.717) is 17.1 Å². The quantitative estimate of drug-likeness (QED) is 0.894. The molecule has 2 aliphatic rings. The molecule has 1 saturated carbocycles. The number of benzene rings is 1. The van der Waals surface area contributed by atoms with Crippen molar-refractivity contribution in [3.8, 4) is 0 Å². The number of halogens is 1. The number of rotatable bonds is 4. The summed E-state index contributed by atoms with van der Waals surface area (Å²) in [5, 5.41) is 7.18. The van der Waals surface area contributed by atoms with Gasteiger partial charge in [-0.15, -0.1) is 0 Å². The molecule has 1 atom stereocenters. The van der Waals surface area contributed by atoms with E-state index in [0.717, 1.165) is 38.0 Å². The molecule has 1 saturated heterocycles. The van der Waals surface area contributed by atoms with Crippen molar-refractivity contribution in [1.82, 2.24) is 10.2 Å². The number of carbonyl (C=O) groups excluding carboxylic acids is 1. The number of hydrogen-bond donors (Lipinski definition) is 2. The van der Waals surface area contributed by atoms with Gasteiger partial charge in [0.05, 0.1) is 0 Å². The molecular formula is C16H22ClN3O. The third-order valence-corrected chi connectivity index (χ3v) is 4.43. The average molecular weight is 308 g/mol. The van der Waals surface area contributed by atoms with Crippen molar-refractivity contribution in [2.24, 2.45) is 0 Å². The molecule has 5 heteroatoms. The zero-order chi connectivity index (χ0) is 14.7. The molecule has 0 spiro atoms. The molecular weight excluding hydrogens is 286 g/mol. The van der Waals surface area contributed by atoms with E-state index in [-0.39, 0.29) is 6.03 Å². The molecule has 2 amide bonds. The Morgan fingerprint density at radius 3 is 2.62 bits per heavy atom. The van der Waals surface area contributed by atoms with Crippen molar-refractivity contribution in [1.29, 1.82) is 0 Å². The Hall–Kier alpha value is -1.26. The number of hydrogen-bond acceptors (Lipinski definition) is 2. The van der Waals surface area contributed by atoms with E-state index >= 15 is 0 Å². The number of anilines is 1. The molecule has 2 N–H and O–H groups in total. The van der Waals surface area contributed by atoms with Gasteiger partial charge in [0, 0.05) is 29.3 Å². The number of urea groups is 1. The minimum atomic E-state index is 0.00666. The summed E-state index contributed by atoms with van der Waals surface area (Å²) >= 11 is 5.87. The van der Waals surface area contributed by atoms with Crippen LogP contribution in [0.15, 0.2) is 24.3 Å². The summed E-state index contributed by atoms with van der Waals surface area (Å²) in [6, 6.07) is 8.13. The SMILES string of the molecule is O=C(Nc1ccc(Cl)cc1)N(CC1CCCCN1)C1CC1. The number of carbonyl (C=O) groups is 1. The average Bonchev–Trinajstić information content (AvgIpc) is 3.33. The first-order chi connectivity index (χ1) is 10.2. The van der Waals surface area contributed by atoms with Gasteiger partial charge in [0.25, 0.3) is 0 Å². The van der Waals surface area contributed by atoms with Crippen LogP contribution in [0.1, 0.15) is 32.1 Å². The van der Waals surface area contributed by atoms with Crippen LogP contribution >= 0.6 is 11.6 Å². The zero-order valence-electron chi connectivity index (χ0n) is 12.1. The lowest BCUT2D eigenvalue weighted by atomic mass is 10.0. The van der Waals surface area contributed by atoms with Gasteiger partial charge >= 0.3 is 6.03 Å². The van der Waals surface area contributed by atoms with Gasteiger partial charge in [-0.3, -0.25) is 0 Å². The van der Waals surface area contributed by atoms with Crippen molar-refractivity contribution < 1.29 is 4.79 Å². The fourth-order valence-corrected chi connectivity index (χ4v) is 2.96. The largest absolute Gasteiger partial charge is 0.322 e. The predicted octanol–water partition coefficient (Wildman–Crippen LogP) is 3.48. The van der Waals surface area contributed by atoms with Gasteiger partial charge < -0.3 is 15.5 Å². The summed E-state index contributed by atoms with van der Waals surface area (Å²) in [4.78, 5) is 14.5. The second-order valence-corrected chi connectivity index (χ2v) is 6.40. The van der Waals surface area contributed by atoms with Gasteiger partial charge in [0.15, 0.2) is 0 Å². The summed E-state index contributed by atoms with van der Waals surface area (Å²) in [7, 11) is 0. The van der Waals surface area contributed by atoms with Gasteiger partial charge in [-0.05, 0) is 56.5 Å². The van der Waals surface area contributed by atoms with E-state index in [1.54, 1.807) is 12.1 Å². The van der Waals surface area contributed by atoms with Gasteiger partial charge in [-0.1, -0.05) is 18.0 Å². The van der Waals surface area contributed by atoms with Gasteiger partial charge in [0.1, 0.15) is 0 Å². The fraction of sp³-hybridized carbons (Fsp3) is 0.562. The Kier molecular flexibility index (Phi) is 4.66. The summed E-state index contributed by atoms with van der Waals surface area (Å²) in [5.41, 5.74) is 0.798. The van der Waals surface area contributed by atoms with E-state index in [1.807, 2.05) is 17.0 Å². The maximum absolute atomic E-state index is 12.5. The van der Waals surface area contributed by atoms with Crippen molar-refractivity contribution in [3.63, 3.8) is 0 Å². The zero-order valence-corrected chi connectivity index (χ0v) is 12.9. The van der Waals surface area contributed by atoms with E-state index in [4.69, 9.17) is 11.6 Å². The van der Waals surface area contributed by atoms with E-state index in [2.05, 4.69) is 10.6 Å². The van der Waals surface area contributed by atoms with Crippen LogP contribution in [0.5, 0.6) is 0 Å². The maximum atomic E-state index is 12.5. The minimum absolute atomic E-state index is 0.00666. The predicted molar refractivity (Wildman–Crippen MR) is 85.8 cm³/mol. The summed E-state index contributed by atoms with van der Waals surface area (Å²) in [5.74, 6) is 0. The Bertz CT molecular complexity index is 481. The second-order valence-electron chi connectivity index (χ2n) is 5.97. The van der Waals surface area contributed by atoms with Crippen LogP contribution in [0, 0.1) is 0 Å². The molecule has 0 bridgehead atoms. The first-order valence-electron chi connectivity index (χ1n) is 7.79. The van der Waals surface area contributed by atoms with Crippen LogP contribution < -0.4 is 10.6 Å². The lowest BCUT2D eigenvalue weighted by Gasteiger charge is -2.30. The highest BCUT2D eigenvalue weighted by Gasteiger charge is 2.34. The van der Waals surface area contributed by atoms with Crippen LogP contribution in [0.2, 0.25) is 5.02 Å². The Morgan fingerprint density at radius 2 is 2.00 bits per heavy atom. The highest BCUT2D eigenvalue weighted by atomic mass is 35.5. The number of piperidine rings is 1. The molecule has 1 aromatic carbocycles. The lowest BCUT2D eigenvalue weighted by molar-refractivity contribution is 0.196.